The Hall–Kier alpha value is -3.16. The van der Waals surface area contributed by atoms with Gasteiger partial charge in [0.2, 0.25) is 0 Å². The summed E-state index contributed by atoms with van der Waals surface area (Å²) in [4.78, 5) is 36.5. The van der Waals surface area contributed by atoms with Gasteiger partial charge in [0.1, 0.15) is 11.3 Å². The zero-order valence-electron chi connectivity index (χ0n) is 16.2. The van der Waals surface area contributed by atoms with Crippen molar-refractivity contribution >= 4 is 11.9 Å². The third-order valence-electron chi connectivity index (χ3n) is 4.60. The molecule has 0 saturated heterocycles. The molecule has 1 aromatic heterocycles. The number of benzene rings is 1. The maximum Gasteiger partial charge on any atom is 0.308 e. The molecule has 0 spiro atoms. The second-order valence-electron chi connectivity index (χ2n) is 6.32. The largest absolute Gasteiger partial charge is 0.496 e. The number of nitrogens with zero attached hydrogens (tertiary/aromatic N) is 1. The third-order valence-corrected chi connectivity index (χ3v) is 4.60. The lowest BCUT2D eigenvalue weighted by Crippen LogP contribution is -2.38. The van der Waals surface area contributed by atoms with Gasteiger partial charge in [-0.05, 0) is 36.5 Å². The summed E-state index contributed by atoms with van der Waals surface area (Å²) in [6, 6.07) is 7.13. The number of aryl methyl sites for hydroxylation is 1. The molecule has 1 atom stereocenters. The molecule has 0 bridgehead atoms. The average Bonchev–Trinajstić information content (AvgIpc) is 2.70. The van der Waals surface area contributed by atoms with E-state index in [0.717, 1.165) is 5.56 Å². The number of amides is 1. The quantitative estimate of drug-likeness (QED) is 0.601. The SMILES string of the molecule is CCc1n[nH]c(=O)c(C(=O)NCC(Cc2ccccc2OC)C(=O)O)c1CC. The minimum absolute atomic E-state index is 0.00391. The number of carboxylic acid groups (broad SMARTS) is 1. The Balaban J connectivity index is 2.20. The van der Waals surface area contributed by atoms with Crippen LogP contribution >= 0.6 is 0 Å². The predicted molar refractivity (Wildman–Crippen MR) is 104 cm³/mol. The summed E-state index contributed by atoms with van der Waals surface area (Å²) >= 11 is 0. The molecule has 150 valence electrons. The number of carbonyl (C=O) groups excluding carboxylic acids is 1. The summed E-state index contributed by atoms with van der Waals surface area (Å²) in [7, 11) is 1.52. The van der Waals surface area contributed by atoms with Crippen molar-refractivity contribution < 1.29 is 19.4 Å². The van der Waals surface area contributed by atoms with Gasteiger partial charge >= 0.3 is 5.97 Å². The van der Waals surface area contributed by atoms with Gasteiger partial charge in [-0.15, -0.1) is 0 Å². The number of carbonyl (C=O) groups is 2. The van der Waals surface area contributed by atoms with Crippen molar-refractivity contribution in [2.24, 2.45) is 5.92 Å². The molecule has 1 heterocycles. The van der Waals surface area contributed by atoms with Gasteiger partial charge < -0.3 is 15.2 Å². The molecule has 1 amide bonds. The molecule has 0 aliphatic heterocycles. The van der Waals surface area contributed by atoms with Crippen LogP contribution in [0.5, 0.6) is 5.75 Å². The first kappa shape index (κ1) is 21.1. The first-order valence-electron chi connectivity index (χ1n) is 9.16. The summed E-state index contributed by atoms with van der Waals surface area (Å²) in [5.74, 6) is -1.91. The minimum Gasteiger partial charge on any atom is -0.496 e. The Bertz CT molecular complexity index is 907. The average molecular weight is 387 g/mol. The number of hydrogen-bond acceptors (Lipinski definition) is 5. The van der Waals surface area contributed by atoms with Crippen LogP contribution in [0.25, 0.3) is 0 Å². The van der Waals surface area contributed by atoms with Gasteiger partial charge in [0.15, 0.2) is 0 Å². The number of nitrogens with one attached hydrogen (secondary N) is 2. The maximum absolute atomic E-state index is 12.6. The number of H-pyrrole nitrogens is 1. The van der Waals surface area contributed by atoms with Crippen LogP contribution in [0.15, 0.2) is 29.1 Å². The maximum atomic E-state index is 12.6. The number of ether oxygens (including phenoxy) is 1. The van der Waals surface area contributed by atoms with Crippen LogP contribution in [0.4, 0.5) is 0 Å². The Kier molecular flexibility index (Phi) is 7.31. The van der Waals surface area contributed by atoms with Crippen LogP contribution in [0, 0.1) is 5.92 Å². The first-order valence-corrected chi connectivity index (χ1v) is 9.16. The van der Waals surface area contributed by atoms with Crippen molar-refractivity contribution in [3.8, 4) is 5.75 Å². The molecular weight excluding hydrogens is 362 g/mol. The van der Waals surface area contributed by atoms with Crippen molar-refractivity contribution in [3.63, 3.8) is 0 Å². The molecule has 1 aromatic carbocycles. The molecule has 0 fully saturated rings. The van der Waals surface area contributed by atoms with Crippen LogP contribution in [-0.2, 0) is 24.1 Å². The van der Waals surface area contributed by atoms with Gasteiger partial charge in [0.25, 0.3) is 11.5 Å². The molecule has 3 N–H and O–H groups in total. The van der Waals surface area contributed by atoms with Crippen LogP contribution in [0.3, 0.4) is 0 Å². The van der Waals surface area contributed by atoms with Crippen molar-refractivity contribution in [3.05, 3.63) is 57.0 Å². The van der Waals surface area contributed by atoms with Gasteiger partial charge in [0, 0.05) is 6.54 Å². The lowest BCUT2D eigenvalue weighted by atomic mass is 9.98. The topological polar surface area (TPSA) is 121 Å². The molecule has 8 heteroatoms. The number of aliphatic carboxylic acids is 1. The highest BCUT2D eigenvalue weighted by molar-refractivity contribution is 5.95. The van der Waals surface area contributed by atoms with Crippen LogP contribution in [-0.4, -0.2) is 40.8 Å². The Morgan fingerprint density at radius 2 is 1.96 bits per heavy atom. The molecule has 2 aromatic rings. The third kappa shape index (κ3) is 4.76. The summed E-state index contributed by atoms with van der Waals surface area (Å²) in [6.07, 6.45) is 1.24. The molecule has 1 unspecified atom stereocenters. The van der Waals surface area contributed by atoms with E-state index in [-0.39, 0.29) is 18.5 Å². The molecular formula is C20H25N3O5. The Labute approximate surface area is 162 Å². The second-order valence-corrected chi connectivity index (χ2v) is 6.32. The van der Waals surface area contributed by atoms with Crippen LogP contribution in [0.2, 0.25) is 0 Å². The van der Waals surface area contributed by atoms with E-state index >= 15 is 0 Å². The predicted octanol–water partition coefficient (Wildman–Crippen LogP) is 1.58. The van der Waals surface area contributed by atoms with E-state index in [9.17, 15) is 19.5 Å². The Morgan fingerprint density at radius 1 is 1.25 bits per heavy atom. The number of rotatable bonds is 9. The molecule has 2 rings (SSSR count). The lowest BCUT2D eigenvalue weighted by molar-refractivity contribution is -0.141. The van der Waals surface area contributed by atoms with Crippen LogP contribution in [0.1, 0.15) is 41.0 Å². The summed E-state index contributed by atoms with van der Waals surface area (Å²) in [5, 5.41) is 18.5. The molecule has 0 radical (unpaired) electrons. The normalized spacial score (nSPS) is 11.7. The van der Waals surface area contributed by atoms with E-state index < -0.39 is 23.4 Å². The fraction of sp³-hybridized carbons (Fsp3) is 0.400. The van der Waals surface area contributed by atoms with Gasteiger partial charge in [-0.1, -0.05) is 32.0 Å². The molecule has 0 aliphatic rings. The molecule has 8 nitrogen and oxygen atoms in total. The monoisotopic (exact) mass is 387 g/mol. The van der Waals surface area contributed by atoms with Gasteiger partial charge in [-0.25, -0.2) is 5.10 Å². The van der Waals surface area contributed by atoms with Gasteiger partial charge in [-0.2, -0.15) is 5.10 Å². The van der Waals surface area contributed by atoms with E-state index in [1.165, 1.54) is 7.11 Å². The van der Waals surface area contributed by atoms with Crippen molar-refractivity contribution in [1.82, 2.24) is 15.5 Å². The van der Waals surface area contributed by atoms with E-state index in [0.29, 0.717) is 29.8 Å². The van der Waals surface area contributed by atoms with Crippen molar-refractivity contribution in [2.45, 2.75) is 33.1 Å². The summed E-state index contributed by atoms with van der Waals surface area (Å²) in [5.41, 5.74) is 1.38. The fourth-order valence-corrected chi connectivity index (χ4v) is 3.12. The van der Waals surface area contributed by atoms with Gasteiger partial charge in [-0.3, -0.25) is 14.4 Å². The fourth-order valence-electron chi connectivity index (χ4n) is 3.12. The molecule has 0 aliphatic carbocycles. The van der Waals surface area contributed by atoms with Crippen LogP contribution < -0.4 is 15.6 Å². The summed E-state index contributed by atoms with van der Waals surface area (Å²) < 4.78 is 5.26. The van der Waals surface area contributed by atoms with E-state index in [4.69, 9.17) is 4.74 Å². The number of methoxy groups -OCH3 is 1. The number of carboxylic acids is 1. The van der Waals surface area contributed by atoms with Crippen molar-refractivity contribution in [2.75, 3.05) is 13.7 Å². The number of aromatic nitrogens is 2. The highest BCUT2D eigenvalue weighted by Crippen LogP contribution is 2.21. The second kappa shape index (κ2) is 9.68. The Morgan fingerprint density at radius 3 is 2.57 bits per heavy atom. The zero-order chi connectivity index (χ0) is 20.7. The highest BCUT2D eigenvalue weighted by atomic mass is 16.5. The van der Waals surface area contributed by atoms with Gasteiger partial charge in [0.05, 0.1) is 18.7 Å². The lowest BCUT2D eigenvalue weighted by Gasteiger charge is -2.16. The highest BCUT2D eigenvalue weighted by Gasteiger charge is 2.23. The molecule has 28 heavy (non-hydrogen) atoms. The number of hydrogen-bond donors (Lipinski definition) is 3. The smallest absolute Gasteiger partial charge is 0.308 e. The molecule has 0 saturated carbocycles. The summed E-state index contributed by atoms with van der Waals surface area (Å²) in [6.45, 7) is 3.61. The number of aromatic amines is 1. The van der Waals surface area contributed by atoms with E-state index in [2.05, 4.69) is 15.5 Å². The van der Waals surface area contributed by atoms with Crippen molar-refractivity contribution in [1.29, 1.82) is 0 Å². The minimum atomic E-state index is -1.04. The standard InChI is InChI=1S/C20H25N3O5/c1-4-14-15(5-2)22-23-19(25)17(14)18(24)21-11-13(20(26)27)10-12-8-6-7-9-16(12)28-3/h6-9,13H,4-5,10-11H2,1-3H3,(H,21,24)(H,23,25)(H,26,27). The zero-order valence-corrected chi connectivity index (χ0v) is 16.2. The number of para-hydroxylation sites is 1. The van der Waals surface area contributed by atoms with E-state index in [1.54, 1.807) is 24.3 Å². The van der Waals surface area contributed by atoms with E-state index in [1.807, 2.05) is 13.8 Å². The first-order chi connectivity index (χ1) is 13.4.